The molecule has 1 unspecified atom stereocenters. The molecule has 0 radical (unpaired) electrons. The first-order chi connectivity index (χ1) is 10.2. The number of fused-ring (bicyclic) bond motifs is 1. The fourth-order valence-electron chi connectivity index (χ4n) is 2.05. The maximum absolute atomic E-state index is 12.6. The Morgan fingerprint density at radius 3 is 2.27 bits per heavy atom. The zero-order chi connectivity index (χ0) is 16.5. The summed E-state index contributed by atoms with van der Waals surface area (Å²) in [6.45, 7) is 7.06. The molecule has 0 spiro atoms. The molecule has 0 saturated heterocycles. The summed E-state index contributed by atoms with van der Waals surface area (Å²) in [4.78, 5) is 23.1. The summed E-state index contributed by atoms with van der Waals surface area (Å²) in [6, 6.07) is 6.83. The second kappa shape index (κ2) is 6.63. The van der Waals surface area contributed by atoms with Gasteiger partial charge in [-0.2, -0.15) is 0 Å². The molecule has 0 fully saturated rings. The van der Waals surface area contributed by atoms with Crippen molar-refractivity contribution in [1.29, 1.82) is 0 Å². The average Bonchev–Trinajstić information content (AvgIpc) is 2.42. The van der Waals surface area contributed by atoms with Crippen molar-refractivity contribution >= 4 is 32.6 Å². The van der Waals surface area contributed by atoms with Crippen LogP contribution in [0.3, 0.4) is 0 Å². The molecule has 0 bridgehead atoms. The molecule has 0 amide bonds. The van der Waals surface area contributed by atoms with Gasteiger partial charge in [-0.05, 0) is 0 Å². The summed E-state index contributed by atoms with van der Waals surface area (Å²) >= 11 is -3.48. The molecule has 7 heteroatoms. The average molecular weight is 422 g/mol. The molecule has 122 valence electrons. The van der Waals surface area contributed by atoms with Crippen molar-refractivity contribution in [2.45, 2.75) is 39.4 Å². The molecule has 22 heavy (non-hydrogen) atoms. The van der Waals surface area contributed by atoms with E-state index < -0.39 is 32.8 Å². The van der Waals surface area contributed by atoms with Gasteiger partial charge in [-0.3, -0.25) is 0 Å². The Bertz CT molecular complexity index is 602. The molecule has 0 aliphatic heterocycles. The molecule has 0 heterocycles. The molecule has 6 nitrogen and oxygen atoms in total. The van der Waals surface area contributed by atoms with E-state index in [4.69, 9.17) is 12.8 Å². The molecule has 1 atom stereocenters. The van der Waals surface area contributed by atoms with Crippen LogP contribution in [0.2, 0.25) is 0 Å². The van der Waals surface area contributed by atoms with Gasteiger partial charge in [0.15, 0.2) is 0 Å². The second-order valence-corrected chi connectivity index (χ2v) is 7.54. The molecular formula is C15H19IO6. The van der Waals surface area contributed by atoms with Crippen molar-refractivity contribution in [3.63, 3.8) is 0 Å². The predicted octanol–water partition coefficient (Wildman–Crippen LogP) is 2.98. The summed E-state index contributed by atoms with van der Waals surface area (Å²) in [5, 5.41) is 0. The third-order valence-corrected chi connectivity index (χ3v) is 3.80. The Morgan fingerprint density at radius 1 is 1.14 bits per heavy atom. The Morgan fingerprint density at radius 2 is 1.73 bits per heavy atom. The van der Waals surface area contributed by atoms with Gasteiger partial charge in [0.1, 0.15) is 0 Å². The van der Waals surface area contributed by atoms with Crippen LogP contribution in [0.15, 0.2) is 29.8 Å². The van der Waals surface area contributed by atoms with Crippen LogP contribution in [0.4, 0.5) is 0 Å². The van der Waals surface area contributed by atoms with E-state index in [1.165, 1.54) is 0 Å². The van der Waals surface area contributed by atoms with Gasteiger partial charge in [-0.25, -0.2) is 0 Å². The number of hydrogen-bond donors (Lipinski definition) is 2. The SMILES string of the molecule is CC1=C(OI(O)O)c2ccccc2C(=O)C1OOC(C)(C)C. The summed E-state index contributed by atoms with van der Waals surface area (Å²) in [5.41, 5.74) is 0.818. The zero-order valence-electron chi connectivity index (χ0n) is 12.8. The van der Waals surface area contributed by atoms with Crippen LogP contribution in [-0.2, 0) is 12.8 Å². The number of benzene rings is 1. The standard InChI is InChI=1S/C15H19IO6/c1-9-13(20-16(18)19)11-8-6-5-7-10(11)12(17)14(9)21-22-15(2,3)4/h5-8,14,18-19H,1-4H3. The van der Waals surface area contributed by atoms with Gasteiger partial charge >= 0.3 is 137 Å². The number of hydrogen-bond acceptors (Lipinski definition) is 6. The fourth-order valence-corrected chi connectivity index (χ4v) is 3.02. The molecule has 2 rings (SSSR count). The number of rotatable bonds is 4. The first-order valence-electron chi connectivity index (χ1n) is 6.66. The van der Waals surface area contributed by atoms with Crippen LogP contribution < -0.4 is 0 Å². The molecule has 0 aromatic heterocycles. The maximum atomic E-state index is 12.6. The van der Waals surface area contributed by atoms with Crippen molar-refractivity contribution in [3.05, 3.63) is 41.0 Å². The Balaban J connectivity index is 2.42. The Hall–Kier alpha value is -1.00. The summed E-state index contributed by atoms with van der Waals surface area (Å²) in [7, 11) is 0. The predicted molar refractivity (Wildman–Crippen MR) is 88.6 cm³/mol. The number of carbonyl (C=O) groups excluding carboxylic acids is 1. The quantitative estimate of drug-likeness (QED) is 0.441. The van der Waals surface area contributed by atoms with Crippen molar-refractivity contribution in [2.24, 2.45) is 0 Å². The van der Waals surface area contributed by atoms with Crippen LogP contribution in [0.25, 0.3) is 5.76 Å². The van der Waals surface area contributed by atoms with Crippen LogP contribution in [-0.4, -0.2) is 24.4 Å². The van der Waals surface area contributed by atoms with Gasteiger partial charge in [-0.15, -0.1) is 0 Å². The van der Waals surface area contributed by atoms with Crippen LogP contribution in [0.1, 0.15) is 43.6 Å². The monoisotopic (exact) mass is 422 g/mol. The summed E-state index contributed by atoms with van der Waals surface area (Å²) in [6.07, 6.45) is -0.972. The van der Waals surface area contributed by atoms with Gasteiger partial charge in [0.05, 0.1) is 0 Å². The fraction of sp³-hybridized carbons (Fsp3) is 0.400. The molecule has 1 aliphatic carbocycles. The van der Waals surface area contributed by atoms with E-state index in [0.717, 1.165) is 0 Å². The van der Waals surface area contributed by atoms with E-state index in [9.17, 15) is 11.7 Å². The third kappa shape index (κ3) is 3.85. The van der Waals surface area contributed by atoms with Crippen LogP contribution >= 0.6 is 21.1 Å². The van der Waals surface area contributed by atoms with Crippen LogP contribution in [0.5, 0.6) is 0 Å². The Labute approximate surface area is 137 Å². The van der Waals surface area contributed by atoms with Crippen molar-refractivity contribution < 1.29 is 24.5 Å². The summed E-state index contributed by atoms with van der Waals surface area (Å²) in [5.74, 6) is 0.0221. The summed E-state index contributed by atoms with van der Waals surface area (Å²) < 4.78 is 23.7. The number of Topliss-reactive ketones (excluding diaryl/α,β-unsaturated/α-hetero) is 1. The molecule has 1 aromatic carbocycles. The van der Waals surface area contributed by atoms with E-state index in [1.807, 2.05) is 0 Å². The van der Waals surface area contributed by atoms with E-state index in [1.54, 1.807) is 52.0 Å². The van der Waals surface area contributed by atoms with Crippen molar-refractivity contribution in [3.8, 4) is 0 Å². The molecular weight excluding hydrogens is 403 g/mol. The topological polar surface area (TPSA) is 85.2 Å². The number of carbonyl (C=O) groups is 1. The minimum atomic E-state index is -3.48. The normalized spacial score (nSPS) is 19.1. The molecule has 2 N–H and O–H groups in total. The minimum absolute atomic E-state index is 0.249. The first-order valence-corrected chi connectivity index (χ1v) is 9.47. The van der Waals surface area contributed by atoms with Crippen molar-refractivity contribution in [2.75, 3.05) is 0 Å². The van der Waals surface area contributed by atoms with E-state index >= 15 is 0 Å². The van der Waals surface area contributed by atoms with Crippen LogP contribution in [0, 0.1) is 0 Å². The number of ketones is 1. The van der Waals surface area contributed by atoms with E-state index in [-0.39, 0.29) is 11.5 Å². The molecule has 1 aliphatic rings. The van der Waals surface area contributed by atoms with Gasteiger partial charge in [0.25, 0.3) is 0 Å². The van der Waals surface area contributed by atoms with Gasteiger partial charge in [0.2, 0.25) is 0 Å². The molecule has 1 aromatic rings. The zero-order valence-corrected chi connectivity index (χ0v) is 14.9. The van der Waals surface area contributed by atoms with Gasteiger partial charge in [-0.1, -0.05) is 0 Å². The Kier molecular flexibility index (Phi) is 5.23. The van der Waals surface area contributed by atoms with Crippen molar-refractivity contribution in [1.82, 2.24) is 0 Å². The van der Waals surface area contributed by atoms with Gasteiger partial charge in [0, 0.05) is 0 Å². The molecule has 0 saturated carbocycles. The van der Waals surface area contributed by atoms with E-state index in [0.29, 0.717) is 16.7 Å². The second-order valence-electron chi connectivity index (χ2n) is 5.88. The number of halogens is 1. The van der Waals surface area contributed by atoms with Gasteiger partial charge < -0.3 is 0 Å². The van der Waals surface area contributed by atoms with E-state index in [2.05, 4.69) is 0 Å². The third-order valence-electron chi connectivity index (χ3n) is 2.97. The first kappa shape index (κ1) is 17.4.